The van der Waals surface area contributed by atoms with Crippen molar-refractivity contribution in [3.8, 4) is 0 Å². The van der Waals surface area contributed by atoms with E-state index in [-0.39, 0.29) is 11.4 Å². The van der Waals surface area contributed by atoms with Crippen LogP contribution in [0.4, 0.5) is 13.2 Å². The molecule has 20 heavy (non-hydrogen) atoms. The second-order valence-corrected chi connectivity index (χ2v) is 4.27. The first kappa shape index (κ1) is 14.7. The molecule has 1 amide bonds. The van der Waals surface area contributed by atoms with Gasteiger partial charge in [-0.1, -0.05) is 0 Å². The third-order valence-electron chi connectivity index (χ3n) is 2.82. The Hall–Kier alpha value is -1.74. The van der Waals surface area contributed by atoms with Gasteiger partial charge in [0.2, 0.25) is 5.82 Å². The molecule has 0 saturated carbocycles. The van der Waals surface area contributed by atoms with Crippen LogP contribution < -0.4 is 5.32 Å². The van der Waals surface area contributed by atoms with Crippen molar-refractivity contribution in [2.24, 2.45) is 0 Å². The molecule has 0 aromatic carbocycles. The number of nitrogens with zero attached hydrogens (tertiary/aromatic N) is 3. The van der Waals surface area contributed by atoms with Crippen LogP contribution in [0.25, 0.3) is 0 Å². The maximum absolute atomic E-state index is 12.6. The van der Waals surface area contributed by atoms with Crippen molar-refractivity contribution in [3.05, 3.63) is 23.3 Å². The number of aromatic nitrogens is 2. The minimum absolute atomic E-state index is 0.231. The Kier molecular flexibility index (Phi) is 4.19. The molecular formula is C11H13F3N4O2. The predicted molar refractivity (Wildman–Crippen MR) is 61.7 cm³/mol. The van der Waals surface area contributed by atoms with E-state index in [2.05, 4.69) is 15.3 Å². The maximum Gasteiger partial charge on any atom is 0.451 e. The summed E-state index contributed by atoms with van der Waals surface area (Å²) in [4.78, 5) is 20.0. The maximum atomic E-state index is 12.6. The summed E-state index contributed by atoms with van der Waals surface area (Å²) in [6, 6.07) is 1.08. The van der Waals surface area contributed by atoms with Crippen LogP contribution in [0.5, 0.6) is 0 Å². The smallest absolute Gasteiger partial charge is 0.390 e. The van der Waals surface area contributed by atoms with Gasteiger partial charge < -0.3 is 15.3 Å². The molecule has 2 heterocycles. The molecule has 1 aromatic rings. The fourth-order valence-electron chi connectivity index (χ4n) is 1.84. The molecule has 1 fully saturated rings. The van der Waals surface area contributed by atoms with Gasteiger partial charge in [-0.25, -0.2) is 9.97 Å². The molecule has 1 saturated heterocycles. The third kappa shape index (κ3) is 3.23. The molecule has 0 unspecified atom stereocenters. The van der Waals surface area contributed by atoms with Gasteiger partial charge in [-0.3, -0.25) is 4.79 Å². The zero-order valence-corrected chi connectivity index (χ0v) is 10.4. The summed E-state index contributed by atoms with van der Waals surface area (Å²) in [7, 11) is 0. The highest BCUT2D eigenvalue weighted by atomic mass is 19.4. The molecule has 0 bridgehead atoms. The van der Waals surface area contributed by atoms with Crippen molar-refractivity contribution in [2.75, 3.05) is 26.2 Å². The van der Waals surface area contributed by atoms with Crippen LogP contribution in [0.3, 0.4) is 0 Å². The summed E-state index contributed by atoms with van der Waals surface area (Å²) in [6.45, 7) is 1.27. The molecule has 2 rings (SSSR count). The van der Waals surface area contributed by atoms with Crippen LogP contribution in [0.2, 0.25) is 0 Å². The average molecular weight is 290 g/mol. The highest BCUT2D eigenvalue weighted by Gasteiger charge is 2.36. The van der Waals surface area contributed by atoms with E-state index in [1.807, 2.05) is 0 Å². The van der Waals surface area contributed by atoms with Crippen LogP contribution in [0.1, 0.15) is 22.0 Å². The lowest BCUT2D eigenvalue weighted by atomic mass is 10.2. The van der Waals surface area contributed by atoms with E-state index in [9.17, 15) is 18.0 Å². The van der Waals surface area contributed by atoms with Gasteiger partial charge in [0.15, 0.2) is 0 Å². The number of nitrogens with one attached hydrogen (secondary N) is 1. The monoisotopic (exact) mass is 290 g/mol. The molecule has 0 atom stereocenters. The van der Waals surface area contributed by atoms with Gasteiger partial charge in [0.05, 0.1) is 12.3 Å². The summed E-state index contributed by atoms with van der Waals surface area (Å²) in [5, 5.41) is 12.0. The van der Waals surface area contributed by atoms with Crippen LogP contribution in [0.15, 0.2) is 6.07 Å². The summed E-state index contributed by atoms with van der Waals surface area (Å²) < 4.78 is 37.9. The van der Waals surface area contributed by atoms with E-state index in [0.29, 0.717) is 26.2 Å². The Bertz CT molecular complexity index is 501. The quantitative estimate of drug-likeness (QED) is 0.803. The van der Waals surface area contributed by atoms with Crippen molar-refractivity contribution in [3.63, 3.8) is 0 Å². The number of carbonyl (C=O) groups is 1. The molecule has 9 heteroatoms. The molecule has 0 radical (unpaired) electrons. The largest absolute Gasteiger partial charge is 0.451 e. The minimum Gasteiger partial charge on any atom is -0.390 e. The van der Waals surface area contributed by atoms with Crippen molar-refractivity contribution in [1.29, 1.82) is 0 Å². The first-order valence-corrected chi connectivity index (χ1v) is 5.98. The van der Waals surface area contributed by atoms with Gasteiger partial charge in [0.25, 0.3) is 5.91 Å². The Labute approximate surface area is 112 Å². The van der Waals surface area contributed by atoms with Crippen molar-refractivity contribution >= 4 is 5.91 Å². The summed E-state index contributed by atoms with van der Waals surface area (Å²) in [5.74, 6) is -2.00. The van der Waals surface area contributed by atoms with Crippen molar-refractivity contribution in [2.45, 2.75) is 12.8 Å². The number of aliphatic hydroxyl groups is 1. The van der Waals surface area contributed by atoms with Crippen LogP contribution in [-0.2, 0) is 12.8 Å². The van der Waals surface area contributed by atoms with E-state index in [4.69, 9.17) is 5.11 Å². The lowest BCUT2D eigenvalue weighted by molar-refractivity contribution is -0.145. The predicted octanol–water partition coefficient (Wildman–Crippen LogP) is 0.0331. The summed E-state index contributed by atoms with van der Waals surface area (Å²) in [6.07, 6.45) is -4.76. The van der Waals surface area contributed by atoms with E-state index in [1.54, 1.807) is 0 Å². The SMILES string of the molecule is O=C(c1cc(CO)nc(C(F)(F)F)n1)N1CCNCC1. The second-order valence-electron chi connectivity index (χ2n) is 4.27. The molecule has 2 N–H and O–H groups in total. The van der Waals surface area contributed by atoms with E-state index in [1.165, 1.54) is 4.90 Å². The molecular weight excluding hydrogens is 277 g/mol. The molecule has 0 spiro atoms. The number of hydrogen-bond donors (Lipinski definition) is 2. The van der Waals surface area contributed by atoms with Gasteiger partial charge in [-0.05, 0) is 6.07 Å². The topological polar surface area (TPSA) is 78.3 Å². The highest BCUT2D eigenvalue weighted by Crippen LogP contribution is 2.26. The zero-order chi connectivity index (χ0) is 14.8. The number of hydrogen-bond acceptors (Lipinski definition) is 5. The van der Waals surface area contributed by atoms with Gasteiger partial charge in [-0.2, -0.15) is 13.2 Å². The molecule has 1 aliphatic heterocycles. The van der Waals surface area contributed by atoms with E-state index in [0.717, 1.165) is 6.07 Å². The number of halogens is 3. The minimum atomic E-state index is -4.76. The first-order valence-electron chi connectivity index (χ1n) is 5.98. The summed E-state index contributed by atoms with van der Waals surface area (Å²) >= 11 is 0. The summed E-state index contributed by atoms with van der Waals surface area (Å²) in [5.41, 5.74) is -0.580. The van der Waals surface area contributed by atoms with Crippen molar-refractivity contribution < 1.29 is 23.1 Å². The van der Waals surface area contributed by atoms with Crippen LogP contribution >= 0.6 is 0 Å². The second kappa shape index (κ2) is 5.71. The number of carbonyl (C=O) groups excluding carboxylic acids is 1. The first-order chi connectivity index (χ1) is 9.41. The highest BCUT2D eigenvalue weighted by molar-refractivity contribution is 5.92. The van der Waals surface area contributed by atoms with E-state index >= 15 is 0 Å². The number of piperazine rings is 1. The Morgan fingerprint density at radius 3 is 2.55 bits per heavy atom. The van der Waals surface area contributed by atoms with Crippen LogP contribution in [0, 0.1) is 0 Å². The molecule has 1 aromatic heterocycles. The zero-order valence-electron chi connectivity index (χ0n) is 10.4. The average Bonchev–Trinajstić information content (AvgIpc) is 2.46. The van der Waals surface area contributed by atoms with E-state index < -0.39 is 24.5 Å². The Morgan fingerprint density at radius 1 is 1.35 bits per heavy atom. The normalized spacial score (nSPS) is 16.3. The number of rotatable bonds is 2. The van der Waals surface area contributed by atoms with Crippen molar-refractivity contribution in [1.82, 2.24) is 20.2 Å². The molecule has 110 valence electrons. The fraction of sp³-hybridized carbons (Fsp3) is 0.545. The number of alkyl halides is 3. The lowest BCUT2D eigenvalue weighted by Crippen LogP contribution is -2.46. The molecule has 0 aliphatic carbocycles. The van der Waals surface area contributed by atoms with Gasteiger partial charge in [-0.15, -0.1) is 0 Å². The number of amides is 1. The standard InChI is InChI=1S/C11H13F3N4O2/c12-11(13,14)10-16-7(6-19)5-8(17-10)9(20)18-3-1-15-2-4-18/h5,15,19H,1-4,6H2. The molecule has 6 nitrogen and oxygen atoms in total. The Morgan fingerprint density at radius 2 is 2.00 bits per heavy atom. The van der Waals surface area contributed by atoms with Gasteiger partial charge in [0.1, 0.15) is 5.69 Å². The number of aliphatic hydroxyl groups excluding tert-OH is 1. The van der Waals surface area contributed by atoms with Gasteiger partial charge in [0, 0.05) is 26.2 Å². The molecule has 1 aliphatic rings. The van der Waals surface area contributed by atoms with Gasteiger partial charge >= 0.3 is 6.18 Å². The lowest BCUT2D eigenvalue weighted by Gasteiger charge is -2.27. The fourth-order valence-corrected chi connectivity index (χ4v) is 1.84. The Balaban J connectivity index is 2.32. The third-order valence-corrected chi connectivity index (χ3v) is 2.82. The van der Waals surface area contributed by atoms with Crippen LogP contribution in [-0.4, -0.2) is 52.1 Å².